The summed E-state index contributed by atoms with van der Waals surface area (Å²) in [6, 6.07) is 6.80. The van der Waals surface area contributed by atoms with Crippen LogP contribution in [0.4, 0.5) is 11.4 Å². The van der Waals surface area contributed by atoms with Gasteiger partial charge in [0.25, 0.3) is 15.7 Å². The minimum absolute atomic E-state index is 0.0359. The minimum atomic E-state index is -4.40. The number of aliphatic carboxylic acids is 1. The van der Waals surface area contributed by atoms with Crippen LogP contribution in [0.25, 0.3) is 0 Å². The molecule has 0 amide bonds. The number of sulfonamides is 1. The Hall–Kier alpha value is -2.85. The van der Waals surface area contributed by atoms with Crippen molar-refractivity contribution < 1.29 is 28.0 Å². The van der Waals surface area contributed by atoms with E-state index in [1.165, 1.54) is 37.4 Å². The number of hydrogen-bond acceptors (Lipinski definition) is 6. The van der Waals surface area contributed by atoms with E-state index in [1.54, 1.807) is 0 Å². The molecule has 0 heterocycles. The molecule has 2 aromatic rings. The van der Waals surface area contributed by atoms with Gasteiger partial charge in [0, 0.05) is 17.2 Å². The van der Waals surface area contributed by atoms with E-state index in [9.17, 15) is 28.4 Å². The lowest BCUT2D eigenvalue weighted by Gasteiger charge is -2.29. The number of halogens is 1. The zero-order valence-corrected chi connectivity index (χ0v) is 15.8. The third kappa shape index (κ3) is 4.12. The van der Waals surface area contributed by atoms with Crippen LogP contribution in [0.15, 0.2) is 47.4 Å². The molecule has 0 saturated heterocycles. The largest absolute Gasteiger partial charge is 0.495 e. The first-order valence-electron chi connectivity index (χ1n) is 7.45. The number of methoxy groups -OCH3 is 1. The van der Waals surface area contributed by atoms with Crippen LogP contribution in [0.1, 0.15) is 6.92 Å². The van der Waals surface area contributed by atoms with Crippen LogP contribution in [-0.4, -0.2) is 37.6 Å². The number of rotatable bonds is 7. The Morgan fingerprint density at radius 3 is 2.33 bits per heavy atom. The van der Waals surface area contributed by atoms with Crippen molar-refractivity contribution in [2.75, 3.05) is 11.4 Å². The van der Waals surface area contributed by atoms with Gasteiger partial charge in [-0.3, -0.25) is 10.1 Å². The van der Waals surface area contributed by atoms with Crippen molar-refractivity contribution in [3.8, 4) is 5.75 Å². The molecule has 0 bridgehead atoms. The predicted octanol–water partition coefficient (Wildman–Crippen LogP) is 2.93. The maximum atomic E-state index is 13.1. The van der Waals surface area contributed by atoms with Crippen LogP contribution in [-0.2, 0) is 14.8 Å². The predicted molar refractivity (Wildman–Crippen MR) is 97.9 cm³/mol. The Kier molecular flexibility index (Phi) is 5.91. The van der Waals surface area contributed by atoms with Gasteiger partial charge in [0.2, 0.25) is 0 Å². The number of nitro benzene ring substituents is 1. The monoisotopic (exact) mass is 414 g/mol. The van der Waals surface area contributed by atoms with Gasteiger partial charge >= 0.3 is 5.97 Å². The van der Waals surface area contributed by atoms with Crippen LogP contribution in [0, 0.1) is 10.1 Å². The van der Waals surface area contributed by atoms with E-state index in [0.29, 0.717) is 9.33 Å². The smallest absolute Gasteiger partial charge is 0.327 e. The number of carbonyl (C=O) groups is 1. The highest BCUT2D eigenvalue weighted by molar-refractivity contribution is 7.93. The van der Waals surface area contributed by atoms with E-state index >= 15 is 0 Å². The highest BCUT2D eigenvalue weighted by Gasteiger charge is 2.36. The molecule has 1 unspecified atom stereocenters. The minimum Gasteiger partial charge on any atom is -0.495 e. The van der Waals surface area contributed by atoms with Crippen LogP contribution in [0.3, 0.4) is 0 Å². The fourth-order valence-electron chi connectivity index (χ4n) is 2.33. The van der Waals surface area contributed by atoms with Crippen LogP contribution >= 0.6 is 11.6 Å². The normalized spacial score (nSPS) is 12.3. The van der Waals surface area contributed by atoms with Crippen LogP contribution in [0.5, 0.6) is 5.75 Å². The molecule has 0 fully saturated rings. The second-order valence-electron chi connectivity index (χ2n) is 5.38. The van der Waals surface area contributed by atoms with Crippen molar-refractivity contribution in [2.45, 2.75) is 17.9 Å². The molecule has 0 aromatic heterocycles. The molecule has 1 atom stereocenters. The summed E-state index contributed by atoms with van der Waals surface area (Å²) in [7, 11) is -3.16. The lowest BCUT2D eigenvalue weighted by Crippen LogP contribution is -2.43. The van der Waals surface area contributed by atoms with Gasteiger partial charge in [0.15, 0.2) is 0 Å². The van der Waals surface area contributed by atoms with Crippen molar-refractivity contribution in [1.29, 1.82) is 0 Å². The summed E-state index contributed by atoms with van der Waals surface area (Å²) in [4.78, 5) is 21.7. The number of carboxylic acids is 1. The highest BCUT2D eigenvalue weighted by atomic mass is 35.5. The number of carboxylic acid groups (broad SMARTS) is 1. The number of nitrogens with zero attached hydrogens (tertiary/aromatic N) is 2. The summed E-state index contributed by atoms with van der Waals surface area (Å²) < 4.78 is 31.9. The van der Waals surface area contributed by atoms with Gasteiger partial charge in [-0.1, -0.05) is 11.6 Å². The SMILES string of the molecule is COc1ccc([N+](=O)[O-])cc1N(C(C)C(=O)O)S(=O)(=O)c1ccc(Cl)cc1. The highest BCUT2D eigenvalue weighted by Crippen LogP contribution is 2.37. The first-order chi connectivity index (χ1) is 12.6. The molecule has 144 valence electrons. The van der Waals surface area contributed by atoms with Crippen molar-refractivity contribution in [3.05, 3.63) is 57.6 Å². The molecule has 0 aliphatic carbocycles. The quantitative estimate of drug-likeness (QED) is 0.545. The summed E-state index contributed by atoms with van der Waals surface area (Å²) >= 11 is 5.78. The molecule has 2 rings (SSSR count). The van der Waals surface area contributed by atoms with Crippen molar-refractivity contribution in [1.82, 2.24) is 0 Å². The average molecular weight is 415 g/mol. The maximum absolute atomic E-state index is 13.1. The van der Waals surface area contributed by atoms with E-state index < -0.39 is 32.6 Å². The van der Waals surface area contributed by atoms with Gasteiger partial charge in [-0.05, 0) is 37.3 Å². The molecule has 0 aliphatic rings. The third-order valence-corrected chi connectivity index (χ3v) is 5.84. The molecular formula is C16H15ClN2O7S. The molecule has 9 nitrogen and oxygen atoms in total. The Morgan fingerprint density at radius 2 is 1.85 bits per heavy atom. The van der Waals surface area contributed by atoms with Crippen molar-refractivity contribution in [2.24, 2.45) is 0 Å². The number of benzene rings is 2. The molecular weight excluding hydrogens is 400 g/mol. The van der Waals surface area contributed by atoms with Gasteiger partial charge in [0.05, 0.1) is 16.9 Å². The van der Waals surface area contributed by atoms with Crippen LogP contribution < -0.4 is 9.04 Å². The maximum Gasteiger partial charge on any atom is 0.327 e. The van der Waals surface area contributed by atoms with Gasteiger partial charge in [-0.25, -0.2) is 17.5 Å². The number of non-ortho nitro benzene ring substituents is 1. The van der Waals surface area contributed by atoms with Crippen LogP contribution in [0.2, 0.25) is 5.02 Å². The average Bonchev–Trinajstić information content (AvgIpc) is 2.61. The molecule has 0 radical (unpaired) electrons. The first-order valence-corrected chi connectivity index (χ1v) is 9.26. The fraction of sp³-hybridized carbons (Fsp3) is 0.188. The van der Waals surface area contributed by atoms with Gasteiger partial charge < -0.3 is 9.84 Å². The summed E-state index contributed by atoms with van der Waals surface area (Å²) in [5.74, 6) is -1.48. The summed E-state index contributed by atoms with van der Waals surface area (Å²) in [5.41, 5.74) is -0.684. The number of hydrogen-bond donors (Lipinski definition) is 1. The first kappa shape index (κ1) is 20.5. The second kappa shape index (κ2) is 7.80. The van der Waals surface area contributed by atoms with Crippen molar-refractivity contribution in [3.63, 3.8) is 0 Å². The third-order valence-electron chi connectivity index (χ3n) is 3.69. The van der Waals surface area contributed by atoms with Crippen molar-refractivity contribution >= 4 is 39.0 Å². The van der Waals surface area contributed by atoms with E-state index in [0.717, 1.165) is 19.1 Å². The number of nitro groups is 1. The molecule has 1 N–H and O–H groups in total. The molecule has 0 saturated carbocycles. The Bertz CT molecular complexity index is 977. The van der Waals surface area contributed by atoms with E-state index in [2.05, 4.69) is 0 Å². The Morgan fingerprint density at radius 1 is 1.26 bits per heavy atom. The molecule has 11 heteroatoms. The molecule has 0 spiro atoms. The summed E-state index contributed by atoms with van der Waals surface area (Å²) in [5, 5.41) is 20.8. The Labute approximate surface area is 159 Å². The summed E-state index contributed by atoms with van der Waals surface area (Å²) in [6.45, 7) is 1.15. The molecule has 27 heavy (non-hydrogen) atoms. The number of anilines is 1. The van der Waals surface area contributed by atoms with Gasteiger partial charge in [-0.15, -0.1) is 0 Å². The van der Waals surface area contributed by atoms with E-state index in [1.807, 2.05) is 0 Å². The van der Waals surface area contributed by atoms with E-state index in [4.69, 9.17) is 16.3 Å². The second-order valence-corrected chi connectivity index (χ2v) is 7.63. The number of ether oxygens (including phenoxy) is 1. The lowest BCUT2D eigenvalue weighted by atomic mass is 10.2. The van der Waals surface area contributed by atoms with Gasteiger partial charge in [-0.2, -0.15) is 0 Å². The lowest BCUT2D eigenvalue weighted by molar-refractivity contribution is -0.384. The zero-order valence-electron chi connectivity index (χ0n) is 14.2. The zero-order chi connectivity index (χ0) is 20.4. The summed E-state index contributed by atoms with van der Waals surface area (Å²) in [6.07, 6.45) is 0. The fourth-order valence-corrected chi connectivity index (χ4v) is 4.07. The molecule has 0 aliphatic heterocycles. The van der Waals surface area contributed by atoms with Gasteiger partial charge in [0.1, 0.15) is 17.5 Å². The van der Waals surface area contributed by atoms with E-state index in [-0.39, 0.29) is 16.3 Å². The topological polar surface area (TPSA) is 127 Å². The molecule has 2 aromatic carbocycles. The standard InChI is InChI=1S/C16H15ClN2O7S/c1-10(16(20)21)18(27(24,25)13-6-3-11(17)4-7-13)14-9-12(19(22)23)5-8-15(14)26-2/h3-10H,1-2H3,(H,20,21). The Balaban J connectivity index is 2.76.